The topological polar surface area (TPSA) is 77.4 Å². The van der Waals surface area contributed by atoms with Crippen LogP contribution in [-0.4, -0.2) is 18.1 Å². The van der Waals surface area contributed by atoms with Crippen molar-refractivity contribution < 1.29 is 47.6 Å². The Morgan fingerprint density at radius 2 is 1.86 bits per heavy atom. The third-order valence-electron chi connectivity index (χ3n) is 1.44. The molecule has 0 saturated carbocycles. The third kappa shape index (κ3) is 3.62. The van der Waals surface area contributed by atoms with Crippen molar-refractivity contribution in [3.05, 3.63) is 34.3 Å². The minimum Gasteiger partial charge on any atom is -0.746 e. The van der Waals surface area contributed by atoms with Gasteiger partial charge in [-0.1, -0.05) is 34.1 Å². The van der Waals surface area contributed by atoms with Crippen LogP contribution in [-0.2, 0) is 10.1 Å². The van der Waals surface area contributed by atoms with E-state index in [0.29, 0.717) is 4.47 Å². The number of hydrogen-bond donors (Lipinski definition) is 1. The van der Waals surface area contributed by atoms with Crippen LogP contribution in [0.4, 0.5) is 0 Å². The summed E-state index contributed by atoms with van der Waals surface area (Å²) in [5.74, 6) is 0. The summed E-state index contributed by atoms with van der Waals surface area (Å²) in [5.41, 5.74) is -1.96. The molecule has 0 saturated heterocycles. The summed E-state index contributed by atoms with van der Waals surface area (Å²) in [6.45, 7) is 0. The summed E-state index contributed by atoms with van der Waals surface area (Å²) in [7, 11) is -4.70. The Kier molecular flexibility index (Phi) is 5.83. The van der Waals surface area contributed by atoms with E-state index in [2.05, 4.69) is 15.9 Å². The zero-order valence-electron chi connectivity index (χ0n) is 7.34. The molecule has 1 aromatic carbocycles. The Bertz CT molecular complexity index is 406. The van der Waals surface area contributed by atoms with E-state index in [9.17, 15) is 13.0 Å². The number of rotatable bonds is 2. The van der Waals surface area contributed by atoms with Crippen molar-refractivity contribution in [2.45, 2.75) is 5.44 Å². The van der Waals surface area contributed by atoms with Crippen LogP contribution in [0.5, 0.6) is 0 Å². The third-order valence-corrected chi connectivity index (χ3v) is 2.97. The molecular formula is C7H6BrNaO4S. The van der Waals surface area contributed by atoms with Crippen molar-refractivity contribution in [2.75, 3.05) is 0 Å². The maximum atomic E-state index is 10.5. The van der Waals surface area contributed by atoms with Gasteiger partial charge >= 0.3 is 29.6 Å². The molecule has 1 aromatic rings. The van der Waals surface area contributed by atoms with Gasteiger partial charge in [-0.2, -0.15) is 0 Å². The van der Waals surface area contributed by atoms with Gasteiger partial charge in [-0.05, 0) is 6.07 Å². The van der Waals surface area contributed by atoms with Gasteiger partial charge in [0.2, 0.25) is 0 Å². The van der Waals surface area contributed by atoms with Gasteiger partial charge in [-0.25, -0.2) is 8.42 Å². The van der Waals surface area contributed by atoms with Crippen molar-refractivity contribution in [2.24, 2.45) is 0 Å². The largest absolute Gasteiger partial charge is 1.00 e. The predicted octanol–water partition coefficient (Wildman–Crippen LogP) is -2.01. The molecule has 0 aromatic heterocycles. The number of hydrogen-bond acceptors (Lipinski definition) is 4. The zero-order chi connectivity index (χ0) is 10.1. The summed E-state index contributed by atoms with van der Waals surface area (Å²) in [4.78, 5) is 0. The first-order chi connectivity index (χ1) is 5.93. The standard InChI is InChI=1S/C7H7BrO4S.Na/c8-6-4-2-1-3-5(6)7(9)13(10,11)12;/h1-4,7,9H,(H,10,11,12);/q;+1/p-1. The molecule has 1 rings (SSSR count). The Labute approximate surface area is 113 Å². The fourth-order valence-corrected chi connectivity index (χ4v) is 2.00. The molecule has 4 nitrogen and oxygen atoms in total. The number of aliphatic hydroxyl groups is 1. The SMILES string of the molecule is O=S(=O)([O-])C(O)c1ccccc1Br.[Na+]. The van der Waals surface area contributed by atoms with E-state index < -0.39 is 15.6 Å². The molecule has 1 atom stereocenters. The predicted molar refractivity (Wildman–Crippen MR) is 48.8 cm³/mol. The molecule has 0 bridgehead atoms. The Morgan fingerprint density at radius 3 is 2.29 bits per heavy atom. The summed E-state index contributed by atoms with van der Waals surface area (Å²) < 4.78 is 31.8. The normalized spacial score (nSPS) is 13.1. The van der Waals surface area contributed by atoms with Gasteiger partial charge < -0.3 is 9.66 Å². The summed E-state index contributed by atoms with van der Waals surface area (Å²) in [5, 5.41) is 9.11. The molecule has 72 valence electrons. The van der Waals surface area contributed by atoms with Gasteiger partial charge in [0.25, 0.3) is 0 Å². The maximum Gasteiger partial charge on any atom is 1.00 e. The van der Waals surface area contributed by atoms with Crippen molar-refractivity contribution in [3.8, 4) is 0 Å². The Morgan fingerprint density at radius 1 is 1.36 bits per heavy atom. The number of aliphatic hydroxyl groups excluding tert-OH is 1. The van der Waals surface area contributed by atoms with Crippen LogP contribution in [0.2, 0.25) is 0 Å². The fraction of sp³-hybridized carbons (Fsp3) is 0.143. The summed E-state index contributed by atoms with van der Waals surface area (Å²) in [6, 6.07) is 6.10. The van der Waals surface area contributed by atoms with Crippen LogP contribution in [0.15, 0.2) is 28.7 Å². The quantitative estimate of drug-likeness (QED) is 0.504. The van der Waals surface area contributed by atoms with Crippen molar-refractivity contribution in [1.29, 1.82) is 0 Å². The molecule has 0 aliphatic heterocycles. The molecule has 14 heavy (non-hydrogen) atoms. The Balaban J connectivity index is 0.00000169. The van der Waals surface area contributed by atoms with Gasteiger partial charge in [0, 0.05) is 10.0 Å². The molecule has 0 amide bonds. The van der Waals surface area contributed by atoms with Crippen LogP contribution < -0.4 is 29.6 Å². The first kappa shape index (κ1) is 14.6. The van der Waals surface area contributed by atoms with E-state index in [0.717, 1.165) is 0 Å². The summed E-state index contributed by atoms with van der Waals surface area (Å²) in [6.07, 6.45) is 0. The first-order valence-electron chi connectivity index (χ1n) is 3.30. The van der Waals surface area contributed by atoms with Gasteiger partial charge in [0.1, 0.15) is 10.1 Å². The number of benzene rings is 1. The van der Waals surface area contributed by atoms with E-state index in [4.69, 9.17) is 5.11 Å². The molecule has 1 unspecified atom stereocenters. The second-order valence-electron chi connectivity index (χ2n) is 2.37. The molecule has 1 N–H and O–H groups in total. The van der Waals surface area contributed by atoms with E-state index in [-0.39, 0.29) is 35.1 Å². The maximum absolute atomic E-state index is 10.5. The van der Waals surface area contributed by atoms with Crippen LogP contribution >= 0.6 is 15.9 Å². The van der Waals surface area contributed by atoms with Crippen LogP contribution in [0, 0.1) is 0 Å². The first-order valence-corrected chi connectivity index (χ1v) is 5.56. The fourth-order valence-electron chi connectivity index (χ4n) is 0.831. The van der Waals surface area contributed by atoms with E-state index >= 15 is 0 Å². The molecule has 0 spiro atoms. The molecule has 0 aliphatic rings. The van der Waals surface area contributed by atoms with Crippen LogP contribution in [0.25, 0.3) is 0 Å². The van der Waals surface area contributed by atoms with E-state index in [1.54, 1.807) is 12.1 Å². The molecule has 0 heterocycles. The van der Waals surface area contributed by atoms with E-state index in [1.807, 2.05) is 0 Å². The number of halogens is 1. The second kappa shape index (κ2) is 5.60. The van der Waals surface area contributed by atoms with Crippen molar-refractivity contribution in [1.82, 2.24) is 0 Å². The van der Waals surface area contributed by atoms with Gasteiger partial charge in [0.05, 0.1) is 0 Å². The minimum absolute atomic E-state index is 0. The van der Waals surface area contributed by atoms with E-state index in [1.165, 1.54) is 12.1 Å². The van der Waals surface area contributed by atoms with Crippen molar-refractivity contribution >= 4 is 26.0 Å². The molecule has 0 fully saturated rings. The monoisotopic (exact) mass is 288 g/mol. The average molecular weight is 289 g/mol. The second-order valence-corrected chi connectivity index (χ2v) is 4.65. The van der Waals surface area contributed by atoms with Gasteiger partial charge in [-0.3, -0.25) is 0 Å². The van der Waals surface area contributed by atoms with Crippen LogP contribution in [0.1, 0.15) is 11.0 Å². The minimum atomic E-state index is -4.70. The van der Waals surface area contributed by atoms with Crippen LogP contribution in [0.3, 0.4) is 0 Å². The molecule has 0 radical (unpaired) electrons. The Hall–Kier alpha value is 0.570. The molecule has 0 aliphatic carbocycles. The smallest absolute Gasteiger partial charge is 0.746 e. The molecular weight excluding hydrogens is 283 g/mol. The van der Waals surface area contributed by atoms with Crippen molar-refractivity contribution in [3.63, 3.8) is 0 Å². The molecule has 7 heteroatoms. The van der Waals surface area contributed by atoms with Gasteiger partial charge in [-0.15, -0.1) is 0 Å². The average Bonchev–Trinajstić information content (AvgIpc) is 2.02. The van der Waals surface area contributed by atoms with Gasteiger partial charge in [0.15, 0.2) is 5.44 Å². The summed E-state index contributed by atoms with van der Waals surface area (Å²) >= 11 is 3.03. The zero-order valence-corrected chi connectivity index (χ0v) is 11.7.